The second-order valence-electron chi connectivity index (χ2n) is 6.22. The first-order chi connectivity index (χ1) is 11.0. The first kappa shape index (κ1) is 16.0. The molecule has 2 aromatic rings. The summed E-state index contributed by atoms with van der Waals surface area (Å²) in [6.07, 6.45) is 0.107. The van der Waals surface area contributed by atoms with Gasteiger partial charge in [0.25, 0.3) is 5.91 Å². The number of likely N-dealkylation sites (tertiary alicyclic amines) is 1. The molecule has 3 rings (SSSR count). The molecule has 0 unspecified atom stereocenters. The number of aryl methyl sites for hydroxylation is 2. The second-order valence-corrected chi connectivity index (χ2v) is 6.62. The zero-order valence-electron chi connectivity index (χ0n) is 13.2. The van der Waals surface area contributed by atoms with E-state index in [1.54, 1.807) is 11.0 Å². The van der Waals surface area contributed by atoms with Crippen LogP contribution in [-0.2, 0) is 6.42 Å². The molecule has 1 aromatic carbocycles. The minimum Gasteiger partial charge on any atom is -0.391 e. The van der Waals surface area contributed by atoms with E-state index >= 15 is 0 Å². The molecule has 0 saturated carbocycles. The number of amides is 1. The maximum atomic E-state index is 12.7. The number of nitrogens with zero attached hydrogens (tertiary/aromatic N) is 2. The van der Waals surface area contributed by atoms with Gasteiger partial charge >= 0.3 is 0 Å². The number of hydrogen-bond donors (Lipinski definition) is 2. The Kier molecular flexibility index (Phi) is 4.41. The molecule has 1 saturated heterocycles. The Bertz CT molecular complexity index is 708. The fraction of sp³-hybridized carbons (Fsp3) is 0.412. The molecule has 23 heavy (non-hydrogen) atoms. The van der Waals surface area contributed by atoms with Crippen LogP contribution < -0.4 is 0 Å². The van der Waals surface area contributed by atoms with Crippen molar-refractivity contribution >= 4 is 17.5 Å². The molecule has 1 amide bonds. The summed E-state index contributed by atoms with van der Waals surface area (Å²) in [5, 5.41) is 17.9. The van der Waals surface area contributed by atoms with Gasteiger partial charge < -0.3 is 10.0 Å². The van der Waals surface area contributed by atoms with Crippen molar-refractivity contribution in [2.45, 2.75) is 26.4 Å². The van der Waals surface area contributed by atoms with Crippen molar-refractivity contribution in [2.75, 3.05) is 13.1 Å². The summed E-state index contributed by atoms with van der Waals surface area (Å²) < 4.78 is 0. The number of aliphatic hydroxyl groups excluding tert-OH is 1. The molecular formula is C17H20ClN3O2. The van der Waals surface area contributed by atoms with E-state index in [-0.39, 0.29) is 11.8 Å². The number of rotatable bonds is 3. The molecule has 6 heteroatoms. The van der Waals surface area contributed by atoms with Crippen molar-refractivity contribution in [1.82, 2.24) is 15.1 Å². The Morgan fingerprint density at radius 1 is 1.43 bits per heavy atom. The number of carbonyl (C=O) groups excluding carboxylic acids is 1. The largest absolute Gasteiger partial charge is 0.391 e. The molecular weight excluding hydrogens is 314 g/mol. The summed E-state index contributed by atoms with van der Waals surface area (Å²) in [5.74, 6) is -0.127. The monoisotopic (exact) mass is 333 g/mol. The summed E-state index contributed by atoms with van der Waals surface area (Å²) in [6.45, 7) is 4.65. The molecule has 122 valence electrons. The van der Waals surface area contributed by atoms with Gasteiger partial charge in [0.15, 0.2) is 0 Å². The Balaban J connectivity index is 1.74. The van der Waals surface area contributed by atoms with Crippen LogP contribution in [0.15, 0.2) is 24.3 Å². The van der Waals surface area contributed by atoms with Crippen LogP contribution in [0.1, 0.15) is 27.3 Å². The lowest BCUT2D eigenvalue weighted by Gasteiger charge is -2.18. The molecule has 2 atom stereocenters. The Hall–Kier alpha value is -1.85. The van der Waals surface area contributed by atoms with Crippen molar-refractivity contribution in [3.63, 3.8) is 0 Å². The number of carbonyl (C=O) groups is 1. The lowest BCUT2D eigenvalue weighted by Crippen LogP contribution is -2.30. The zero-order chi connectivity index (χ0) is 16.6. The molecule has 0 spiro atoms. The highest BCUT2D eigenvalue weighted by Crippen LogP contribution is 2.26. The Morgan fingerprint density at radius 2 is 2.22 bits per heavy atom. The summed E-state index contributed by atoms with van der Waals surface area (Å²) in [6, 6.07) is 7.39. The third-order valence-corrected chi connectivity index (χ3v) is 4.67. The van der Waals surface area contributed by atoms with Crippen molar-refractivity contribution in [3.05, 3.63) is 51.8 Å². The highest BCUT2D eigenvalue weighted by Gasteiger charge is 2.35. The van der Waals surface area contributed by atoms with E-state index in [0.717, 1.165) is 17.0 Å². The van der Waals surface area contributed by atoms with Crippen LogP contribution in [0, 0.1) is 19.8 Å². The molecule has 1 aliphatic heterocycles. The van der Waals surface area contributed by atoms with Crippen LogP contribution in [0.5, 0.6) is 0 Å². The van der Waals surface area contributed by atoms with E-state index in [1.807, 2.05) is 32.0 Å². The van der Waals surface area contributed by atoms with Crippen molar-refractivity contribution in [3.8, 4) is 0 Å². The van der Waals surface area contributed by atoms with Crippen molar-refractivity contribution in [1.29, 1.82) is 0 Å². The van der Waals surface area contributed by atoms with Crippen LogP contribution in [0.4, 0.5) is 0 Å². The van der Waals surface area contributed by atoms with Gasteiger partial charge in [-0.15, -0.1) is 0 Å². The molecule has 1 aliphatic rings. The predicted octanol–water partition coefficient (Wildman–Crippen LogP) is 2.36. The average Bonchev–Trinajstić information content (AvgIpc) is 3.06. The maximum Gasteiger partial charge on any atom is 0.255 e. The van der Waals surface area contributed by atoms with Gasteiger partial charge in [-0.05, 0) is 38.0 Å². The fourth-order valence-electron chi connectivity index (χ4n) is 3.13. The first-order valence-electron chi connectivity index (χ1n) is 7.69. The van der Waals surface area contributed by atoms with Gasteiger partial charge in [0, 0.05) is 24.7 Å². The number of halogens is 1. The molecule has 2 heterocycles. The van der Waals surface area contributed by atoms with Crippen molar-refractivity contribution in [2.24, 2.45) is 5.92 Å². The summed E-state index contributed by atoms with van der Waals surface area (Å²) in [4.78, 5) is 14.4. The highest BCUT2D eigenvalue weighted by molar-refractivity contribution is 6.34. The second kappa shape index (κ2) is 6.34. The summed E-state index contributed by atoms with van der Waals surface area (Å²) in [7, 11) is 0. The maximum absolute atomic E-state index is 12.7. The normalized spacial score (nSPS) is 21.0. The quantitative estimate of drug-likeness (QED) is 0.906. The van der Waals surface area contributed by atoms with E-state index in [4.69, 9.17) is 11.6 Å². The van der Waals surface area contributed by atoms with E-state index < -0.39 is 6.10 Å². The van der Waals surface area contributed by atoms with Gasteiger partial charge in [0.05, 0.1) is 22.4 Å². The van der Waals surface area contributed by atoms with E-state index in [2.05, 4.69) is 10.2 Å². The van der Waals surface area contributed by atoms with Crippen LogP contribution in [0.3, 0.4) is 0 Å². The third-order valence-electron chi connectivity index (χ3n) is 4.36. The molecule has 1 fully saturated rings. The fourth-order valence-corrected chi connectivity index (χ4v) is 3.43. The lowest BCUT2D eigenvalue weighted by molar-refractivity contribution is 0.0764. The standard InChI is InChI=1S/C17H20ClN3O2/c1-10-4-3-5-14(18)16(10)17(23)21-8-12(15(22)9-21)7-13-6-11(2)19-20-13/h3-6,12,15,22H,7-9H2,1-2H3,(H,19,20)/t12-,15-/m1/s1. The molecule has 0 bridgehead atoms. The smallest absolute Gasteiger partial charge is 0.255 e. The number of hydrogen-bond acceptors (Lipinski definition) is 3. The zero-order valence-corrected chi connectivity index (χ0v) is 14.0. The Labute approximate surface area is 140 Å². The van der Waals surface area contributed by atoms with E-state index in [1.165, 1.54) is 0 Å². The van der Waals surface area contributed by atoms with Crippen LogP contribution >= 0.6 is 11.6 Å². The SMILES string of the molecule is Cc1cc(C[C@@H]2CN(C(=O)c3c(C)cccc3Cl)C[C@H]2O)n[nH]1. The van der Waals surface area contributed by atoms with Gasteiger partial charge in [-0.3, -0.25) is 9.89 Å². The number of nitrogens with one attached hydrogen (secondary N) is 1. The third kappa shape index (κ3) is 3.26. The molecule has 0 radical (unpaired) electrons. The average molecular weight is 334 g/mol. The van der Waals surface area contributed by atoms with E-state index in [0.29, 0.717) is 30.1 Å². The lowest BCUT2D eigenvalue weighted by atomic mass is 10.00. The van der Waals surface area contributed by atoms with Crippen LogP contribution in [0.25, 0.3) is 0 Å². The molecule has 1 aromatic heterocycles. The van der Waals surface area contributed by atoms with Gasteiger partial charge in [-0.1, -0.05) is 23.7 Å². The molecule has 5 nitrogen and oxygen atoms in total. The number of β-amino-alcohol motifs (C(OH)–C–C–N with tert-alkyl or cyclic N) is 1. The number of aromatic nitrogens is 2. The minimum atomic E-state index is -0.543. The highest BCUT2D eigenvalue weighted by atomic mass is 35.5. The molecule has 0 aliphatic carbocycles. The number of benzene rings is 1. The van der Waals surface area contributed by atoms with Crippen LogP contribution in [-0.4, -0.2) is 45.3 Å². The van der Waals surface area contributed by atoms with E-state index in [9.17, 15) is 9.90 Å². The Morgan fingerprint density at radius 3 is 2.87 bits per heavy atom. The molecule has 2 N–H and O–H groups in total. The van der Waals surface area contributed by atoms with Gasteiger partial charge in [-0.25, -0.2) is 0 Å². The summed E-state index contributed by atoms with van der Waals surface area (Å²) in [5.41, 5.74) is 3.28. The number of aromatic amines is 1. The van der Waals surface area contributed by atoms with Gasteiger partial charge in [0.2, 0.25) is 0 Å². The number of H-pyrrole nitrogens is 1. The number of aliphatic hydroxyl groups is 1. The van der Waals surface area contributed by atoms with Crippen LogP contribution in [0.2, 0.25) is 5.02 Å². The predicted molar refractivity (Wildman–Crippen MR) is 88.6 cm³/mol. The summed E-state index contributed by atoms with van der Waals surface area (Å²) >= 11 is 6.18. The topological polar surface area (TPSA) is 69.2 Å². The van der Waals surface area contributed by atoms with Gasteiger partial charge in [-0.2, -0.15) is 5.10 Å². The minimum absolute atomic E-state index is 0.00977. The van der Waals surface area contributed by atoms with Crippen molar-refractivity contribution < 1.29 is 9.90 Å². The first-order valence-corrected chi connectivity index (χ1v) is 8.07. The van der Waals surface area contributed by atoms with Gasteiger partial charge in [0.1, 0.15) is 0 Å².